The SMILES string of the molecule is O=P(O)(O)c1nc2ccc(F)cc2nc1P(=O)(O)O. The molecule has 1 aromatic heterocycles. The molecule has 4 N–H and O–H groups in total. The van der Waals surface area contributed by atoms with Gasteiger partial charge in [-0.1, -0.05) is 0 Å². The van der Waals surface area contributed by atoms with E-state index in [4.69, 9.17) is 19.6 Å². The Morgan fingerprint density at radius 2 is 1.37 bits per heavy atom. The Bertz CT molecular complexity index is 754. The maximum atomic E-state index is 13.0. The van der Waals surface area contributed by atoms with Gasteiger partial charge in [0.15, 0.2) is 10.9 Å². The zero-order valence-corrected chi connectivity index (χ0v) is 10.8. The monoisotopic (exact) mass is 308 g/mol. The van der Waals surface area contributed by atoms with Crippen molar-refractivity contribution >= 4 is 37.1 Å². The van der Waals surface area contributed by atoms with Gasteiger partial charge in [-0.2, -0.15) is 0 Å². The van der Waals surface area contributed by atoms with E-state index in [2.05, 4.69) is 9.97 Å². The Kier molecular flexibility index (Phi) is 3.30. The molecule has 0 aliphatic carbocycles. The standard InChI is InChI=1S/C8H7FN2O6P2/c9-4-1-2-5-6(3-4)11-8(19(15,16)17)7(10-5)18(12,13)14/h1-3H,(H2,12,13,14)(H2,15,16,17). The minimum Gasteiger partial charge on any atom is -0.320 e. The molecule has 102 valence electrons. The van der Waals surface area contributed by atoms with Gasteiger partial charge in [-0.15, -0.1) is 0 Å². The molecule has 11 heteroatoms. The lowest BCUT2D eigenvalue weighted by Gasteiger charge is -2.11. The van der Waals surface area contributed by atoms with Gasteiger partial charge >= 0.3 is 15.2 Å². The quantitative estimate of drug-likeness (QED) is 0.538. The fourth-order valence-corrected chi connectivity index (χ4v) is 3.28. The maximum absolute atomic E-state index is 13.0. The van der Waals surface area contributed by atoms with Crippen LogP contribution in [0.25, 0.3) is 11.0 Å². The molecule has 0 radical (unpaired) electrons. The van der Waals surface area contributed by atoms with E-state index in [1.165, 1.54) is 0 Å². The first-order valence-corrected chi connectivity index (χ1v) is 7.91. The number of hydrogen-bond donors (Lipinski definition) is 4. The Balaban J connectivity index is 2.90. The zero-order chi connectivity index (χ0) is 14.4. The van der Waals surface area contributed by atoms with Crippen molar-refractivity contribution in [2.45, 2.75) is 0 Å². The van der Waals surface area contributed by atoms with E-state index in [1.807, 2.05) is 0 Å². The van der Waals surface area contributed by atoms with Crippen molar-refractivity contribution < 1.29 is 33.1 Å². The second-order valence-electron chi connectivity index (χ2n) is 3.59. The van der Waals surface area contributed by atoms with E-state index in [0.29, 0.717) is 0 Å². The summed E-state index contributed by atoms with van der Waals surface area (Å²) >= 11 is 0. The summed E-state index contributed by atoms with van der Waals surface area (Å²) in [5.41, 5.74) is -2.56. The average molecular weight is 308 g/mol. The molecular formula is C8H7FN2O6P2. The van der Waals surface area contributed by atoms with Gasteiger partial charge in [-0.05, 0) is 12.1 Å². The molecule has 0 spiro atoms. The molecular weight excluding hydrogens is 301 g/mol. The van der Waals surface area contributed by atoms with Gasteiger partial charge in [0.05, 0.1) is 11.0 Å². The molecule has 19 heavy (non-hydrogen) atoms. The van der Waals surface area contributed by atoms with Gasteiger partial charge in [0.2, 0.25) is 0 Å². The molecule has 0 bridgehead atoms. The van der Waals surface area contributed by atoms with Crippen LogP contribution in [0, 0.1) is 5.82 Å². The predicted molar refractivity (Wildman–Crippen MR) is 62.9 cm³/mol. The van der Waals surface area contributed by atoms with Crippen molar-refractivity contribution in [1.29, 1.82) is 0 Å². The van der Waals surface area contributed by atoms with Crippen LogP contribution >= 0.6 is 15.2 Å². The van der Waals surface area contributed by atoms with Crippen molar-refractivity contribution in [3.05, 3.63) is 24.0 Å². The van der Waals surface area contributed by atoms with Crippen LogP contribution in [-0.2, 0) is 9.13 Å². The van der Waals surface area contributed by atoms with Gasteiger partial charge in [0, 0.05) is 6.07 Å². The fraction of sp³-hybridized carbons (Fsp3) is 0. The summed E-state index contributed by atoms with van der Waals surface area (Å²) in [6.07, 6.45) is 0. The van der Waals surface area contributed by atoms with Gasteiger partial charge in [0.1, 0.15) is 5.82 Å². The maximum Gasteiger partial charge on any atom is 0.377 e. The summed E-state index contributed by atoms with van der Waals surface area (Å²) in [5.74, 6) is -0.720. The van der Waals surface area contributed by atoms with Gasteiger partial charge < -0.3 is 19.6 Å². The van der Waals surface area contributed by atoms with E-state index >= 15 is 0 Å². The number of benzene rings is 1. The summed E-state index contributed by atoms with van der Waals surface area (Å²) in [7, 11) is -10.1. The topological polar surface area (TPSA) is 141 Å². The number of fused-ring (bicyclic) bond motifs is 1. The van der Waals surface area contributed by atoms with Crippen LogP contribution in [0.5, 0.6) is 0 Å². The lowest BCUT2D eigenvalue weighted by Crippen LogP contribution is -2.31. The van der Waals surface area contributed by atoms with Crippen molar-refractivity contribution in [3.8, 4) is 0 Å². The molecule has 2 rings (SSSR count). The second-order valence-corrected chi connectivity index (χ2v) is 6.62. The van der Waals surface area contributed by atoms with E-state index < -0.39 is 31.9 Å². The van der Waals surface area contributed by atoms with E-state index in [-0.39, 0.29) is 11.0 Å². The van der Waals surface area contributed by atoms with E-state index in [9.17, 15) is 13.5 Å². The summed E-state index contributed by atoms with van der Waals surface area (Å²) < 4.78 is 35.4. The van der Waals surface area contributed by atoms with Crippen molar-refractivity contribution in [1.82, 2.24) is 9.97 Å². The number of halogens is 1. The molecule has 0 saturated heterocycles. The first-order valence-electron chi connectivity index (χ1n) is 4.68. The van der Waals surface area contributed by atoms with Crippen molar-refractivity contribution in [2.75, 3.05) is 0 Å². The summed E-state index contributed by atoms with van der Waals surface area (Å²) in [6.45, 7) is 0. The van der Waals surface area contributed by atoms with E-state index in [0.717, 1.165) is 18.2 Å². The third kappa shape index (κ3) is 2.87. The minimum atomic E-state index is -5.06. The molecule has 8 nitrogen and oxygen atoms in total. The highest BCUT2D eigenvalue weighted by molar-refractivity contribution is 7.66. The second kappa shape index (κ2) is 4.42. The smallest absolute Gasteiger partial charge is 0.320 e. The minimum absolute atomic E-state index is 0.0862. The molecule has 1 heterocycles. The first kappa shape index (κ1) is 14.2. The number of aromatic nitrogens is 2. The van der Waals surface area contributed by atoms with Gasteiger partial charge in [-0.3, -0.25) is 9.13 Å². The van der Waals surface area contributed by atoms with Crippen molar-refractivity contribution in [2.24, 2.45) is 0 Å². The van der Waals surface area contributed by atoms with Crippen LogP contribution in [0.15, 0.2) is 18.2 Å². The fourth-order valence-electron chi connectivity index (χ4n) is 1.40. The molecule has 0 aliphatic heterocycles. The molecule has 0 aliphatic rings. The van der Waals surface area contributed by atoms with Crippen molar-refractivity contribution in [3.63, 3.8) is 0 Å². The molecule has 0 unspecified atom stereocenters. The number of rotatable bonds is 2. The molecule has 2 aromatic rings. The average Bonchev–Trinajstić information content (AvgIpc) is 2.24. The highest BCUT2D eigenvalue weighted by atomic mass is 31.2. The molecule has 0 atom stereocenters. The van der Waals surface area contributed by atoms with Crippen LogP contribution in [0.1, 0.15) is 0 Å². The normalized spacial score (nSPS) is 12.9. The van der Waals surface area contributed by atoms with Crippen LogP contribution in [-0.4, -0.2) is 29.5 Å². The van der Waals surface area contributed by atoms with Gasteiger partial charge in [-0.25, -0.2) is 14.4 Å². The molecule has 0 amide bonds. The molecule has 0 fully saturated rings. The highest BCUT2D eigenvalue weighted by Gasteiger charge is 2.34. The number of hydrogen-bond acceptors (Lipinski definition) is 4. The number of nitrogens with zero attached hydrogens (tertiary/aromatic N) is 2. The third-order valence-electron chi connectivity index (χ3n) is 2.14. The van der Waals surface area contributed by atoms with Crippen LogP contribution in [0.2, 0.25) is 0 Å². The van der Waals surface area contributed by atoms with E-state index in [1.54, 1.807) is 0 Å². The lowest BCUT2D eigenvalue weighted by atomic mass is 10.3. The molecule has 1 aromatic carbocycles. The summed E-state index contributed by atoms with van der Waals surface area (Å²) in [5, 5.41) is 0. The lowest BCUT2D eigenvalue weighted by molar-refractivity contribution is 0.379. The highest BCUT2D eigenvalue weighted by Crippen LogP contribution is 2.39. The Morgan fingerprint density at radius 3 is 1.84 bits per heavy atom. The van der Waals surface area contributed by atoms with Gasteiger partial charge in [0.25, 0.3) is 0 Å². The van der Waals surface area contributed by atoms with Crippen LogP contribution in [0.4, 0.5) is 4.39 Å². The predicted octanol–water partition coefficient (Wildman–Crippen LogP) is -0.625. The van der Waals surface area contributed by atoms with Crippen LogP contribution in [0.3, 0.4) is 0 Å². The molecule has 0 saturated carbocycles. The third-order valence-corrected chi connectivity index (χ3v) is 4.05. The Hall–Kier alpha value is -1.21. The summed E-state index contributed by atoms with van der Waals surface area (Å²) in [6, 6.07) is 2.93. The Morgan fingerprint density at radius 1 is 0.895 bits per heavy atom. The largest absolute Gasteiger partial charge is 0.377 e. The van der Waals surface area contributed by atoms with Crippen LogP contribution < -0.4 is 10.9 Å². The summed E-state index contributed by atoms with van der Waals surface area (Å²) in [4.78, 5) is 43.0. The zero-order valence-electron chi connectivity index (χ0n) is 9.00. The Labute approximate surface area is 105 Å². The first-order chi connectivity index (χ1) is 8.59.